The van der Waals surface area contributed by atoms with Gasteiger partial charge in [0.05, 0.1) is 19.0 Å². The number of nitrogens with zero attached hydrogens (tertiary/aromatic N) is 5. The number of rotatable bonds is 4. The molecule has 3 rings (SSSR count). The van der Waals surface area contributed by atoms with E-state index in [4.69, 9.17) is 4.74 Å². The monoisotopic (exact) mass is 500 g/mol. The number of benzene rings is 1. The molecular formula is C18H25IN6O3. The zero-order chi connectivity index (χ0) is 19.4. The highest BCUT2D eigenvalue weighted by Gasteiger charge is 2.27. The van der Waals surface area contributed by atoms with Crippen molar-refractivity contribution in [2.45, 2.75) is 6.54 Å². The second-order valence-corrected chi connectivity index (χ2v) is 6.23. The number of ether oxygens (including phenoxy) is 1. The summed E-state index contributed by atoms with van der Waals surface area (Å²) in [6.45, 7) is 1.78. The number of methoxy groups -OCH3 is 1. The molecule has 9 nitrogen and oxygen atoms in total. The number of amides is 1. The fraction of sp³-hybridized carbons (Fsp3) is 0.389. The number of phenolic OH excluding ortho intramolecular Hbond substituents is 1. The Morgan fingerprint density at radius 2 is 2.18 bits per heavy atom. The van der Waals surface area contributed by atoms with Crippen LogP contribution >= 0.6 is 24.0 Å². The number of hydrogen-bond acceptors (Lipinski definition) is 5. The van der Waals surface area contributed by atoms with Gasteiger partial charge in [0.2, 0.25) is 5.91 Å². The Bertz CT molecular complexity index is 854. The largest absolute Gasteiger partial charge is 0.508 e. The summed E-state index contributed by atoms with van der Waals surface area (Å²) in [5, 5.41) is 17.3. The molecule has 1 aliphatic heterocycles. The van der Waals surface area contributed by atoms with Crippen LogP contribution in [-0.4, -0.2) is 65.4 Å². The molecule has 1 aromatic heterocycles. The van der Waals surface area contributed by atoms with Gasteiger partial charge in [-0.05, 0) is 18.2 Å². The molecule has 1 amide bonds. The maximum Gasteiger partial charge on any atom is 0.246 e. The third-order valence-corrected chi connectivity index (χ3v) is 4.46. The molecule has 1 aliphatic rings. The molecule has 0 atom stereocenters. The van der Waals surface area contributed by atoms with E-state index >= 15 is 0 Å². The van der Waals surface area contributed by atoms with E-state index in [0.29, 0.717) is 36.9 Å². The summed E-state index contributed by atoms with van der Waals surface area (Å²) in [4.78, 5) is 20.4. The number of guanidine groups is 1. The lowest BCUT2D eigenvalue weighted by Crippen LogP contribution is -2.55. The fourth-order valence-electron chi connectivity index (χ4n) is 3.01. The maximum atomic E-state index is 12.6. The molecule has 0 saturated carbocycles. The van der Waals surface area contributed by atoms with E-state index in [0.717, 1.165) is 5.69 Å². The third kappa shape index (κ3) is 4.86. The molecular weight excluding hydrogens is 475 g/mol. The first-order valence-electron chi connectivity index (χ1n) is 8.62. The van der Waals surface area contributed by atoms with E-state index < -0.39 is 0 Å². The van der Waals surface area contributed by atoms with Crippen LogP contribution in [0.5, 0.6) is 11.5 Å². The first-order chi connectivity index (χ1) is 13.0. The number of carbonyl (C=O) groups excluding carboxylic acids is 1. The Hall–Kier alpha value is -2.50. The van der Waals surface area contributed by atoms with Gasteiger partial charge in [-0.15, -0.1) is 24.0 Å². The normalized spacial score (nSPS) is 14.7. The zero-order valence-electron chi connectivity index (χ0n) is 16.1. The lowest BCUT2D eigenvalue weighted by Gasteiger charge is -2.35. The van der Waals surface area contributed by atoms with Crippen LogP contribution in [0.4, 0.5) is 5.69 Å². The van der Waals surface area contributed by atoms with Crippen molar-refractivity contribution >= 4 is 41.5 Å². The summed E-state index contributed by atoms with van der Waals surface area (Å²) in [5.41, 5.74) is 1.49. The van der Waals surface area contributed by atoms with Gasteiger partial charge in [-0.25, -0.2) is 0 Å². The van der Waals surface area contributed by atoms with Crippen LogP contribution in [0.15, 0.2) is 35.6 Å². The molecule has 1 fully saturated rings. The molecule has 2 aromatic rings. The topological polar surface area (TPSA) is 95.2 Å². The Balaban J connectivity index is 0.00000280. The molecule has 0 unspecified atom stereocenters. The number of aryl methyl sites for hydroxylation is 1. The van der Waals surface area contributed by atoms with Gasteiger partial charge in [0, 0.05) is 45.5 Å². The summed E-state index contributed by atoms with van der Waals surface area (Å²) in [5.74, 6) is 1.44. The van der Waals surface area contributed by atoms with Crippen molar-refractivity contribution in [3.8, 4) is 11.5 Å². The van der Waals surface area contributed by atoms with Crippen LogP contribution in [0.1, 0.15) is 5.56 Å². The molecule has 0 bridgehead atoms. The molecule has 0 spiro atoms. The average Bonchev–Trinajstić information content (AvgIpc) is 3.09. The number of aromatic nitrogens is 2. The van der Waals surface area contributed by atoms with Crippen LogP contribution in [-0.2, 0) is 18.4 Å². The van der Waals surface area contributed by atoms with E-state index in [2.05, 4.69) is 15.4 Å². The molecule has 1 saturated heterocycles. The van der Waals surface area contributed by atoms with Crippen LogP contribution in [0.2, 0.25) is 0 Å². The Morgan fingerprint density at radius 3 is 2.79 bits per heavy atom. The average molecular weight is 500 g/mol. The Kier molecular flexibility index (Phi) is 7.49. The first kappa shape index (κ1) is 21.8. The summed E-state index contributed by atoms with van der Waals surface area (Å²) in [6, 6.07) is 5.06. The fourth-order valence-corrected chi connectivity index (χ4v) is 3.01. The predicted octanol–water partition coefficient (Wildman–Crippen LogP) is 1.18. The molecule has 2 heterocycles. The van der Waals surface area contributed by atoms with Crippen molar-refractivity contribution in [3.63, 3.8) is 0 Å². The lowest BCUT2D eigenvalue weighted by molar-refractivity contribution is -0.120. The molecule has 28 heavy (non-hydrogen) atoms. The first-order valence-corrected chi connectivity index (χ1v) is 8.62. The number of aliphatic imine (C=N–C) groups is 1. The minimum absolute atomic E-state index is 0. The van der Waals surface area contributed by atoms with Gasteiger partial charge in [0.15, 0.2) is 5.96 Å². The summed E-state index contributed by atoms with van der Waals surface area (Å²) in [6.07, 6.45) is 3.51. The highest BCUT2D eigenvalue weighted by atomic mass is 127. The minimum atomic E-state index is -0.0126. The van der Waals surface area contributed by atoms with E-state index in [1.165, 1.54) is 0 Å². The van der Waals surface area contributed by atoms with Gasteiger partial charge in [-0.3, -0.25) is 14.5 Å². The maximum absolute atomic E-state index is 12.6. The van der Waals surface area contributed by atoms with Gasteiger partial charge >= 0.3 is 0 Å². The van der Waals surface area contributed by atoms with Crippen molar-refractivity contribution in [2.24, 2.45) is 12.0 Å². The predicted molar refractivity (Wildman–Crippen MR) is 117 cm³/mol. The zero-order valence-corrected chi connectivity index (χ0v) is 18.5. The van der Waals surface area contributed by atoms with Crippen LogP contribution in [0.25, 0.3) is 0 Å². The van der Waals surface area contributed by atoms with Gasteiger partial charge in [-0.2, -0.15) is 5.10 Å². The smallest absolute Gasteiger partial charge is 0.246 e. The van der Waals surface area contributed by atoms with Gasteiger partial charge in [-0.1, -0.05) is 0 Å². The molecule has 2 N–H and O–H groups in total. The highest BCUT2D eigenvalue weighted by Crippen LogP contribution is 2.22. The van der Waals surface area contributed by atoms with E-state index in [9.17, 15) is 9.90 Å². The molecule has 152 valence electrons. The van der Waals surface area contributed by atoms with Crippen molar-refractivity contribution < 1.29 is 14.6 Å². The quantitative estimate of drug-likeness (QED) is 0.372. The van der Waals surface area contributed by atoms with E-state index in [-0.39, 0.29) is 42.2 Å². The summed E-state index contributed by atoms with van der Waals surface area (Å²) < 4.78 is 6.87. The SMILES string of the molecule is CN=C(NCc1cc(OC)ccc1O)N1CCN(c2cnn(C)c2)C(=O)C1.I. The standard InChI is InChI=1S/C18H24N6O3.HI/c1-19-18(20-9-13-8-15(27-3)4-5-16(13)25)23-6-7-24(17(26)12-23)14-10-21-22(2)11-14;/h4-5,8,10-11,25H,6-7,9,12H2,1-3H3,(H,19,20);1H. The molecule has 0 aliphatic carbocycles. The number of piperazine rings is 1. The summed E-state index contributed by atoms with van der Waals surface area (Å²) in [7, 11) is 5.07. The lowest BCUT2D eigenvalue weighted by atomic mass is 10.2. The van der Waals surface area contributed by atoms with Crippen LogP contribution in [0, 0.1) is 0 Å². The summed E-state index contributed by atoms with van der Waals surface area (Å²) >= 11 is 0. The van der Waals surface area contributed by atoms with E-state index in [1.54, 1.807) is 48.1 Å². The van der Waals surface area contributed by atoms with E-state index in [1.807, 2.05) is 18.1 Å². The van der Waals surface area contributed by atoms with Crippen molar-refractivity contribution in [3.05, 3.63) is 36.2 Å². The Morgan fingerprint density at radius 1 is 1.39 bits per heavy atom. The molecule has 0 radical (unpaired) electrons. The number of carbonyl (C=O) groups is 1. The second kappa shape index (κ2) is 9.62. The number of anilines is 1. The molecule has 10 heteroatoms. The van der Waals surface area contributed by atoms with Gasteiger partial charge < -0.3 is 25.0 Å². The van der Waals surface area contributed by atoms with Gasteiger partial charge in [0.25, 0.3) is 0 Å². The van der Waals surface area contributed by atoms with Gasteiger partial charge in [0.1, 0.15) is 18.0 Å². The number of phenols is 1. The second-order valence-electron chi connectivity index (χ2n) is 6.23. The minimum Gasteiger partial charge on any atom is -0.508 e. The molecule has 1 aromatic carbocycles. The van der Waals surface area contributed by atoms with Crippen LogP contribution < -0.4 is 15.0 Å². The Labute approximate surface area is 181 Å². The number of hydrogen-bond donors (Lipinski definition) is 2. The van der Waals surface area contributed by atoms with Crippen molar-refractivity contribution in [2.75, 3.05) is 38.7 Å². The number of halogens is 1. The van der Waals surface area contributed by atoms with Crippen molar-refractivity contribution in [1.82, 2.24) is 20.0 Å². The van der Waals surface area contributed by atoms with Crippen molar-refractivity contribution in [1.29, 1.82) is 0 Å². The highest BCUT2D eigenvalue weighted by molar-refractivity contribution is 14.0. The number of aromatic hydroxyl groups is 1. The van der Waals surface area contributed by atoms with Crippen LogP contribution in [0.3, 0.4) is 0 Å². The third-order valence-electron chi connectivity index (χ3n) is 4.46. The number of nitrogens with one attached hydrogen (secondary N) is 1.